The van der Waals surface area contributed by atoms with Crippen molar-refractivity contribution in [1.29, 1.82) is 0 Å². The normalized spacial score (nSPS) is 18.3. The summed E-state index contributed by atoms with van der Waals surface area (Å²) in [6.45, 7) is 5.29. The van der Waals surface area contributed by atoms with Crippen molar-refractivity contribution in [3.8, 4) is 0 Å². The molecule has 0 N–H and O–H groups in total. The molecule has 1 aliphatic rings. The van der Waals surface area contributed by atoms with E-state index in [0.717, 1.165) is 49.3 Å². The van der Waals surface area contributed by atoms with Crippen molar-refractivity contribution >= 4 is 16.9 Å². The number of rotatable bonds is 5. The van der Waals surface area contributed by atoms with Crippen LogP contribution in [0, 0.1) is 0 Å². The molecule has 0 unspecified atom stereocenters. The number of likely N-dealkylation sites (N-methyl/N-ethyl adjacent to an activating group) is 1. The van der Waals surface area contributed by atoms with E-state index in [-0.39, 0.29) is 5.91 Å². The quantitative estimate of drug-likeness (QED) is 0.843. The van der Waals surface area contributed by atoms with Gasteiger partial charge in [0.2, 0.25) is 5.91 Å². The van der Waals surface area contributed by atoms with Gasteiger partial charge in [0.05, 0.1) is 12.2 Å². The number of nitrogens with zero attached hydrogens (tertiary/aromatic N) is 5. The summed E-state index contributed by atoms with van der Waals surface area (Å²) in [6, 6.07) is 4.06. The topological polar surface area (TPSA) is 54.3 Å². The monoisotopic (exact) mass is 315 g/mol. The summed E-state index contributed by atoms with van der Waals surface area (Å²) < 4.78 is 2.01. The molecule has 1 amide bonds. The van der Waals surface area contributed by atoms with Crippen molar-refractivity contribution in [2.75, 3.05) is 33.7 Å². The molecule has 23 heavy (non-hydrogen) atoms. The second kappa shape index (κ2) is 6.66. The van der Waals surface area contributed by atoms with Crippen LogP contribution in [0.5, 0.6) is 0 Å². The van der Waals surface area contributed by atoms with Crippen molar-refractivity contribution in [3.05, 3.63) is 24.0 Å². The minimum atomic E-state index is 0.238. The van der Waals surface area contributed by atoms with Gasteiger partial charge in [0, 0.05) is 43.6 Å². The largest absolute Gasteiger partial charge is 0.342 e. The number of hydrogen-bond donors (Lipinski definition) is 0. The highest BCUT2D eigenvalue weighted by atomic mass is 16.2. The lowest BCUT2D eigenvalue weighted by atomic mass is 10.0. The van der Waals surface area contributed by atoms with Crippen molar-refractivity contribution < 1.29 is 4.79 Å². The summed E-state index contributed by atoms with van der Waals surface area (Å²) in [7, 11) is 4.12. The maximum absolute atomic E-state index is 11.9. The first kappa shape index (κ1) is 15.9. The summed E-state index contributed by atoms with van der Waals surface area (Å²) >= 11 is 0. The molecule has 0 radical (unpaired) electrons. The fraction of sp³-hybridized carbons (Fsp3) is 0.588. The van der Waals surface area contributed by atoms with Crippen LogP contribution in [0.3, 0.4) is 0 Å². The van der Waals surface area contributed by atoms with E-state index in [2.05, 4.69) is 30.0 Å². The van der Waals surface area contributed by atoms with Gasteiger partial charge in [-0.1, -0.05) is 6.92 Å². The number of pyridine rings is 1. The third kappa shape index (κ3) is 3.22. The first-order valence-electron chi connectivity index (χ1n) is 8.34. The number of carbonyl (C=O) groups excluding carboxylic acids is 1. The zero-order valence-corrected chi connectivity index (χ0v) is 14.2. The van der Waals surface area contributed by atoms with Crippen molar-refractivity contribution in [3.63, 3.8) is 0 Å². The third-order valence-electron chi connectivity index (χ3n) is 4.52. The molecule has 0 bridgehead atoms. The van der Waals surface area contributed by atoms with Crippen LogP contribution in [0.4, 0.5) is 0 Å². The van der Waals surface area contributed by atoms with Crippen LogP contribution in [0.2, 0.25) is 0 Å². The van der Waals surface area contributed by atoms with Gasteiger partial charge in [0.15, 0.2) is 5.65 Å². The second-order valence-electron chi connectivity index (χ2n) is 6.47. The molecule has 1 saturated heterocycles. The van der Waals surface area contributed by atoms with Crippen LogP contribution in [0.25, 0.3) is 11.0 Å². The van der Waals surface area contributed by atoms with Gasteiger partial charge in [-0.05, 0) is 32.6 Å². The first-order chi connectivity index (χ1) is 11.1. The Morgan fingerprint density at radius 1 is 1.43 bits per heavy atom. The Morgan fingerprint density at radius 3 is 3.00 bits per heavy atom. The summed E-state index contributed by atoms with van der Waals surface area (Å²) in [6.07, 6.45) is 3.38. The van der Waals surface area contributed by atoms with Crippen LogP contribution >= 0.6 is 0 Å². The highest BCUT2D eigenvalue weighted by Gasteiger charge is 2.30. The van der Waals surface area contributed by atoms with E-state index >= 15 is 0 Å². The lowest BCUT2D eigenvalue weighted by Crippen LogP contribution is -2.27. The fourth-order valence-electron chi connectivity index (χ4n) is 3.22. The zero-order valence-electron chi connectivity index (χ0n) is 14.2. The third-order valence-corrected chi connectivity index (χ3v) is 4.52. The molecule has 6 heteroatoms. The van der Waals surface area contributed by atoms with Crippen LogP contribution < -0.4 is 0 Å². The maximum Gasteiger partial charge on any atom is 0.222 e. The zero-order chi connectivity index (χ0) is 16.4. The molecule has 3 heterocycles. The Kier molecular flexibility index (Phi) is 4.61. The predicted octanol–water partition coefficient (Wildman–Crippen LogP) is 1.72. The van der Waals surface area contributed by atoms with E-state index in [1.165, 1.54) is 0 Å². The molecule has 124 valence electrons. The van der Waals surface area contributed by atoms with Gasteiger partial charge in [-0.3, -0.25) is 4.79 Å². The number of fused-ring (bicyclic) bond motifs is 1. The summed E-state index contributed by atoms with van der Waals surface area (Å²) in [5.74, 6) is 0.555. The standard InChI is InChI=1S/C17H25N5O/c1-4-15(23)21-9-7-13(12-21)16-14-6-5-8-18-17(14)22(19-16)11-10-20(2)3/h5-6,8,13H,4,7,9-12H2,1-3H3/t13-/m1/s1. The van der Waals surface area contributed by atoms with E-state index in [1.807, 2.05) is 28.8 Å². The SMILES string of the molecule is CCC(=O)N1CC[C@@H](c2nn(CCN(C)C)c3ncccc23)C1. The number of amides is 1. The highest BCUT2D eigenvalue weighted by Crippen LogP contribution is 2.31. The average Bonchev–Trinajstić information content (AvgIpc) is 3.17. The Labute approximate surface area is 137 Å². The second-order valence-corrected chi connectivity index (χ2v) is 6.47. The van der Waals surface area contributed by atoms with Crippen LogP contribution in [0.15, 0.2) is 18.3 Å². The van der Waals surface area contributed by atoms with Crippen LogP contribution in [-0.2, 0) is 11.3 Å². The highest BCUT2D eigenvalue weighted by molar-refractivity contribution is 5.80. The van der Waals surface area contributed by atoms with Gasteiger partial charge in [-0.25, -0.2) is 9.67 Å². The smallest absolute Gasteiger partial charge is 0.222 e. The van der Waals surface area contributed by atoms with E-state index < -0.39 is 0 Å². The summed E-state index contributed by atoms with van der Waals surface area (Å²) in [4.78, 5) is 20.6. The molecule has 0 aliphatic carbocycles. The maximum atomic E-state index is 11.9. The van der Waals surface area contributed by atoms with E-state index in [0.29, 0.717) is 12.3 Å². The first-order valence-corrected chi connectivity index (χ1v) is 8.34. The van der Waals surface area contributed by atoms with Gasteiger partial charge >= 0.3 is 0 Å². The van der Waals surface area contributed by atoms with Gasteiger partial charge in [0.25, 0.3) is 0 Å². The Hall–Kier alpha value is -1.95. The number of carbonyl (C=O) groups is 1. The van der Waals surface area contributed by atoms with E-state index in [4.69, 9.17) is 5.10 Å². The van der Waals surface area contributed by atoms with Crippen LogP contribution in [0.1, 0.15) is 31.4 Å². The lowest BCUT2D eigenvalue weighted by Gasteiger charge is -2.14. The molecule has 0 spiro atoms. The molecule has 2 aromatic heterocycles. The molecule has 3 rings (SSSR count). The number of hydrogen-bond acceptors (Lipinski definition) is 4. The van der Waals surface area contributed by atoms with Gasteiger partial charge in [-0.15, -0.1) is 0 Å². The number of aromatic nitrogens is 3. The summed E-state index contributed by atoms with van der Waals surface area (Å²) in [5, 5.41) is 5.98. The number of likely N-dealkylation sites (tertiary alicyclic amines) is 1. The van der Waals surface area contributed by atoms with Crippen molar-refractivity contribution in [2.45, 2.75) is 32.2 Å². The molecule has 6 nitrogen and oxygen atoms in total. The molecule has 0 aromatic carbocycles. The van der Waals surface area contributed by atoms with E-state index in [1.54, 1.807) is 0 Å². The van der Waals surface area contributed by atoms with E-state index in [9.17, 15) is 4.79 Å². The minimum absolute atomic E-state index is 0.238. The molecule has 2 aromatic rings. The average molecular weight is 315 g/mol. The van der Waals surface area contributed by atoms with Gasteiger partial charge < -0.3 is 9.80 Å². The lowest BCUT2D eigenvalue weighted by molar-refractivity contribution is -0.129. The predicted molar refractivity (Wildman–Crippen MR) is 90.3 cm³/mol. The Morgan fingerprint density at radius 2 is 2.26 bits per heavy atom. The molecular weight excluding hydrogens is 290 g/mol. The minimum Gasteiger partial charge on any atom is -0.342 e. The molecule has 1 aliphatic heterocycles. The Balaban J connectivity index is 1.88. The molecule has 0 saturated carbocycles. The van der Waals surface area contributed by atoms with Crippen LogP contribution in [-0.4, -0.2) is 64.2 Å². The van der Waals surface area contributed by atoms with Gasteiger partial charge in [0.1, 0.15) is 0 Å². The molecule has 1 atom stereocenters. The van der Waals surface area contributed by atoms with Crippen molar-refractivity contribution in [2.24, 2.45) is 0 Å². The molecular formula is C17H25N5O. The van der Waals surface area contributed by atoms with Gasteiger partial charge in [-0.2, -0.15) is 5.10 Å². The summed E-state index contributed by atoms with van der Waals surface area (Å²) in [5.41, 5.74) is 2.04. The van der Waals surface area contributed by atoms with Crippen molar-refractivity contribution in [1.82, 2.24) is 24.6 Å². The Bertz CT molecular complexity index is 693. The fourth-order valence-corrected chi connectivity index (χ4v) is 3.22. The molecule has 1 fully saturated rings.